The molecule has 0 spiro atoms. The maximum Gasteiger partial charge on any atom is 0.358 e. The molecule has 0 atom stereocenters. The van der Waals surface area contributed by atoms with Crippen molar-refractivity contribution >= 4 is 40.5 Å². The Balaban J connectivity index is 2.25. The number of thiophene rings is 1. The van der Waals surface area contributed by atoms with E-state index in [0.29, 0.717) is 15.6 Å². The Morgan fingerprint density at radius 1 is 1.19 bits per heavy atom. The molecule has 0 aliphatic rings. The van der Waals surface area contributed by atoms with Gasteiger partial charge in [0.1, 0.15) is 0 Å². The second-order valence-electron chi connectivity index (χ2n) is 4.08. The fraction of sp³-hybridized carbons (Fsp3) is 0. The predicted octanol–water partition coefficient (Wildman–Crippen LogP) is 5.08. The lowest BCUT2D eigenvalue weighted by molar-refractivity contribution is 0.0691. The Bertz CT molecular complexity index is 791. The average molecular weight is 340 g/mol. The molecule has 0 aliphatic heterocycles. The van der Waals surface area contributed by atoms with Gasteiger partial charge in [-0.2, -0.15) is 0 Å². The van der Waals surface area contributed by atoms with E-state index >= 15 is 0 Å². The van der Waals surface area contributed by atoms with Gasteiger partial charge in [-0.15, -0.1) is 11.3 Å². The van der Waals surface area contributed by atoms with Crippen molar-refractivity contribution in [2.75, 3.05) is 0 Å². The van der Waals surface area contributed by atoms with Crippen LogP contribution in [0.5, 0.6) is 0 Å². The molecule has 0 radical (unpaired) electrons. The SMILES string of the molecule is O=C(O)c1nc(-c2cccs2)oc1-c1c(Cl)cccc1Cl. The fourth-order valence-electron chi connectivity index (χ4n) is 1.85. The number of carboxylic acids is 1. The zero-order valence-electron chi connectivity index (χ0n) is 10.3. The zero-order valence-corrected chi connectivity index (χ0v) is 12.7. The van der Waals surface area contributed by atoms with E-state index in [2.05, 4.69) is 4.98 Å². The highest BCUT2D eigenvalue weighted by molar-refractivity contribution is 7.13. The standard InChI is InChI=1S/C14H7Cl2NO3S/c15-7-3-1-4-8(16)10(7)12-11(14(18)19)17-13(20-12)9-5-2-6-21-9/h1-6H,(H,18,19). The van der Waals surface area contributed by atoms with Gasteiger partial charge >= 0.3 is 5.97 Å². The molecule has 21 heavy (non-hydrogen) atoms. The Morgan fingerprint density at radius 3 is 2.48 bits per heavy atom. The number of oxazole rings is 1. The van der Waals surface area contributed by atoms with Crippen LogP contribution in [-0.2, 0) is 0 Å². The Hall–Kier alpha value is -1.82. The molecule has 0 amide bonds. The summed E-state index contributed by atoms with van der Waals surface area (Å²) in [6.07, 6.45) is 0. The van der Waals surface area contributed by atoms with Gasteiger partial charge in [0.25, 0.3) is 0 Å². The van der Waals surface area contributed by atoms with Crippen LogP contribution in [0.4, 0.5) is 0 Å². The van der Waals surface area contributed by atoms with Gasteiger partial charge < -0.3 is 9.52 Å². The summed E-state index contributed by atoms with van der Waals surface area (Å²) >= 11 is 13.6. The van der Waals surface area contributed by atoms with Crippen molar-refractivity contribution in [2.45, 2.75) is 0 Å². The first-order chi connectivity index (χ1) is 10.1. The van der Waals surface area contributed by atoms with Gasteiger partial charge in [0.05, 0.1) is 20.5 Å². The fourth-order valence-corrected chi connectivity index (χ4v) is 3.07. The minimum atomic E-state index is -1.20. The summed E-state index contributed by atoms with van der Waals surface area (Å²) in [5, 5.41) is 11.8. The molecular weight excluding hydrogens is 333 g/mol. The van der Waals surface area contributed by atoms with Crippen LogP contribution in [0.15, 0.2) is 40.1 Å². The lowest BCUT2D eigenvalue weighted by Gasteiger charge is -2.03. The third kappa shape index (κ3) is 2.55. The van der Waals surface area contributed by atoms with Crippen LogP contribution in [0.25, 0.3) is 22.1 Å². The number of benzene rings is 1. The number of aromatic carboxylic acids is 1. The zero-order chi connectivity index (χ0) is 15.0. The van der Waals surface area contributed by atoms with E-state index in [1.807, 2.05) is 11.4 Å². The van der Waals surface area contributed by atoms with Gasteiger partial charge in [-0.3, -0.25) is 0 Å². The van der Waals surface area contributed by atoms with Crippen LogP contribution in [-0.4, -0.2) is 16.1 Å². The highest BCUT2D eigenvalue weighted by atomic mass is 35.5. The smallest absolute Gasteiger partial charge is 0.358 e. The second-order valence-corrected chi connectivity index (χ2v) is 5.84. The van der Waals surface area contributed by atoms with Crippen molar-refractivity contribution in [1.29, 1.82) is 0 Å². The molecule has 7 heteroatoms. The molecule has 0 unspecified atom stereocenters. The monoisotopic (exact) mass is 339 g/mol. The van der Waals surface area contributed by atoms with Crippen LogP contribution >= 0.6 is 34.5 Å². The number of rotatable bonds is 3. The number of carboxylic acid groups (broad SMARTS) is 1. The summed E-state index contributed by atoms with van der Waals surface area (Å²) in [6, 6.07) is 8.52. The minimum absolute atomic E-state index is 0.0569. The summed E-state index contributed by atoms with van der Waals surface area (Å²) in [5.74, 6) is -0.914. The Kier molecular flexibility index (Phi) is 3.71. The molecule has 3 rings (SSSR count). The van der Waals surface area contributed by atoms with Crippen LogP contribution in [0.3, 0.4) is 0 Å². The molecule has 4 nitrogen and oxygen atoms in total. The molecule has 0 saturated carbocycles. The summed E-state index contributed by atoms with van der Waals surface area (Å²) in [7, 11) is 0. The van der Waals surface area contributed by atoms with E-state index in [0.717, 1.165) is 4.88 Å². The normalized spacial score (nSPS) is 10.8. The van der Waals surface area contributed by atoms with Crippen LogP contribution in [0.1, 0.15) is 10.5 Å². The van der Waals surface area contributed by atoms with Gasteiger partial charge in [0.15, 0.2) is 11.5 Å². The molecule has 2 aromatic heterocycles. The molecule has 0 aliphatic carbocycles. The molecule has 1 aromatic carbocycles. The molecule has 0 saturated heterocycles. The largest absolute Gasteiger partial charge is 0.476 e. The van der Waals surface area contributed by atoms with E-state index in [-0.39, 0.29) is 17.3 Å². The highest BCUT2D eigenvalue weighted by Crippen LogP contribution is 2.39. The quantitative estimate of drug-likeness (QED) is 0.723. The summed E-state index contributed by atoms with van der Waals surface area (Å²) in [5.41, 5.74) is 0.113. The summed E-state index contributed by atoms with van der Waals surface area (Å²) < 4.78 is 5.62. The first-order valence-electron chi connectivity index (χ1n) is 5.80. The number of halogens is 2. The van der Waals surface area contributed by atoms with Gasteiger partial charge in [-0.05, 0) is 23.6 Å². The Morgan fingerprint density at radius 2 is 1.90 bits per heavy atom. The van der Waals surface area contributed by atoms with E-state index in [9.17, 15) is 9.90 Å². The summed E-state index contributed by atoms with van der Waals surface area (Å²) in [6.45, 7) is 0. The molecule has 3 aromatic rings. The number of hydrogen-bond acceptors (Lipinski definition) is 4. The van der Waals surface area contributed by atoms with Crippen LogP contribution < -0.4 is 0 Å². The predicted molar refractivity (Wildman–Crippen MR) is 82.2 cm³/mol. The third-order valence-electron chi connectivity index (χ3n) is 2.75. The van der Waals surface area contributed by atoms with Gasteiger partial charge in [0.2, 0.25) is 5.89 Å². The minimum Gasteiger partial charge on any atom is -0.476 e. The number of carbonyl (C=O) groups is 1. The molecule has 0 fully saturated rings. The number of hydrogen-bond donors (Lipinski definition) is 1. The van der Waals surface area contributed by atoms with E-state index < -0.39 is 5.97 Å². The van der Waals surface area contributed by atoms with Gasteiger partial charge in [0, 0.05) is 0 Å². The lowest BCUT2D eigenvalue weighted by atomic mass is 10.1. The van der Waals surface area contributed by atoms with Crippen molar-refractivity contribution in [1.82, 2.24) is 4.98 Å². The maximum atomic E-state index is 11.4. The van der Waals surface area contributed by atoms with Crippen molar-refractivity contribution < 1.29 is 14.3 Å². The van der Waals surface area contributed by atoms with E-state index in [1.165, 1.54) is 11.3 Å². The van der Waals surface area contributed by atoms with Crippen molar-refractivity contribution in [3.8, 4) is 22.1 Å². The van der Waals surface area contributed by atoms with Crippen LogP contribution in [0, 0.1) is 0 Å². The maximum absolute atomic E-state index is 11.4. The number of aromatic nitrogens is 1. The molecule has 2 heterocycles. The second kappa shape index (κ2) is 5.52. The highest BCUT2D eigenvalue weighted by Gasteiger charge is 2.25. The number of nitrogens with zero attached hydrogens (tertiary/aromatic N) is 1. The van der Waals surface area contributed by atoms with Crippen molar-refractivity contribution in [3.05, 3.63) is 51.5 Å². The Labute approximate surface area is 133 Å². The topological polar surface area (TPSA) is 63.3 Å². The molecule has 1 N–H and O–H groups in total. The summed E-state index contributed by atoms with van der Waals surface area (Å²) in [4.78, 5) is 16.2. The lowest BCUT2D eigenvalue weighted by Crippen LogP contribution is -1.99. The van der Waals surface area contributed by atoms with E-state index in [4.69, 9.17) is 27.6 Å². The van der Waals surface area contributed by atoms with Gasteiger partial charge in [-0.25, -0.2) is 9.78 Å². The molecule has 106 valence electrons. The average Bonchev–Trinajstić information content (AvgIpc) is 3.07. The van der Waals surface area contributed by atoms with Gasteiger partial charge in [-0.1, -0.05) is 35.3 Å². The molecule has 0 bridgehead atoms. The van der Waals surface area contributed by atoms with Crippen LogP contribution in [0.2, 0.25) is 10.0 Å². The third-order valence-corrected chi connectivity index (χ3v) is 4.24. The first-order valence-corrected chi connectivity index (χ1v) is 7.44. The molecular formula is C14H7Cl2NO3S. The van der Waals surface area contributed by atoms with E-state index in [1.54, 1.807) is 24.3 Å². The first kappa shape index (κ1) is 14.1. The van der Waals surface area contributed by atoms with Crippen molar-refractivity contribution in [3.63, 3.8) is 0 Å². The van der Waals surface area contributed by atoms with Crippen molar-refractivity contribution in [2.24, 2.45) is 0 Å².